The average molecular weight is 206 g/mol. The van der Waals surface area contributed by atoms with E-state index in [1.807, 2.05) is 12.3 Å². The first kappa shape index (κ1) is 10.6. The second-order valence-corrected chi connectivity index (χ2v) is 4.34. The van der Waals surface area contributed by atoms with Crippen molar-refractivity contribution in [2.75, 3.05) is 7.05 Å². The zero-order valence-electron chi connectivity index (χ0n) is 9.13. The van der Waals surface area contributed by atoms with Gasteiger partial charge in [0.2, 0.25) is 0 Å². The number of likely N-dealkylation sites (N-methyl/N-ethyl adjacent to an activating group) is 1. The van der Waals surface area contributed by atoms with E-state index < -0.39 is 0 Å². The predicted molar refractivity (Wildman–Crippen MR) is 59.3 cm³/mol. The van der Waals surface area contributed by atoms with Crippen LogP contribution >= 0.6 is 0 Å². The molecular formula is C12H18N2O. The second kappa shape index (κ2) is 4.73. The van der Waals surface area contributed by atoms with Crippen molar-refractivity contribution in [3.63, 3.8) is 0 Å². The van der Waals surface area contributed by atoms with Gasteiger partial charge >= 0.3 is 0 Å². The summed E-state index contributed by atoms with van der Waals surface area (Å²) >= 11 is 0. The van der Waals surface area contributed by atoms with Crippen molar-refractivity contribution < 1.29 is 5.11 Å². The topological polar surface area (TPSA) is 36.4 Å². The molecule has 0 spiro atoms. The largest absolute Gasteiger partial charge is 0.391 e. The Balaban J connectivity index is 1.94. The molecule has 0 saturated heterocycles. The van der Waals surface area contributed by atoms with Crippen molar-refractivity contribution in [1.82, 2.24) is 9.88 Å². The third-order valence-corrected chi connectivity index (χ3v) is 3.16. The highest BCUT2D eigenvalue weighted by molar-refractivity contribution is 5.08. The number of hydrogen-bond acceptors (Lipinski definition) is 3. The number of nitrogens with zero attached hydrogens (tertiary/aromatic N) is 2. The van der Waals surface area contributed by atoms with E-state index in [1.165, 1.54) is 5.56 Å². The van der Waals surface area contributed by atoms with E-state index >= 15 is 0 Å². The molecule has 15 heavy (non-hydrogen) atoms. The summed E-state index contributed by atoms with van der Waals surface area (Å²) in [5.41, 5.74) is 1.21. The van der Waals surface area contributed by atoms with E-state index in [0.29, 0.717) is 6.04 Å². The fourth-order valence-corrected chi connectivity index (χ4v) is 2.33. The van der Waals surface area contributed by atoms with E-state index in [4.69, 9.17) is 0 Å². The Kier molecular flexibility index (Phi) is 3.34. The predicted octanol–water partition coefficient (Wildman–Crippen LogP) is 1.43. The van der Waals surface area contributed by atoms with Gasteiger partial charge in [0.05, 0.1) is 6.10 Å². The quantitative estimate of drug-likeness (QED) is 0.812. The summed E-state index contributed by atoms with van der Waals surface area (Å²) in [6, 6.07) is 4.35. The second-order valence-electron chi connectivity index (χ2n) is 4.34. The maximum Gasteiger partial charge on any atom is 0.0695 e. The third-order valence-electron chi connectivity index (χ3n) is 3.16. The summed E-state index contributed by atoms with van der Waals surface area (Å²) in [6.07, 6.45) is 6.72. The molecule has 0 unspecified atom stereocenters. The highest BCUT2D eigenvalue weighted by Gasteiger charge is 2.28. The number of pyridine rings is 1. The zero-order valence-corrected chi connectivity index (χ0v) is 9.13. The first-order chi connectivity index (χ1) is 7.27. The molecular weight excluding hydrogens is 188 g/mol. The van der Waals surface area contributed by atoms with Crippen molar-refractivity contribution in [2.45, 2.75) is 38.0 Å². The normalized spacial score (nSPS) is 26.1. The molecule has 0 bridgehead atoms. The van der Waals surface area contributed by atoms with Crippen LogP contribution in [0.1, 0.15) is 24.8 Å². The molecule has 0 radical (unpaired) electrons. The minimum Gasteiger partial charge on any atom is -0.391 e. The highest BCUT2D eigenvalue weighted by atomic mass is 16.3. The zero-order chi connectivity index (χ0) is 10.7. The molecule has 0 aromatic carbocycles. The standard InChI is InChI=1S/C12H18N2O/c1-14(11-5-2-6-12(11)15)9-10-4-3-7-13-8-10/h3-4,7-8,11-12,15H,2,5-6,9H2,1H3/t11-,12-/m1/s1. The van der Waals surface area contributed by atoms with E-state index in [1.54, 1.807) is 6.20 Å². The van der Waals surface area contributed by atoms with Gasteiger partial charge in [0, 0.05) is 25.0 Å². The molecule has 1 fully saturated rings. The smallest absolute Gasteiger partial charge is 0.0695 e. The molecule has 3 heteroatoms. The van der Waals surface area contributed by atoms with Crippen LogP contribution in [0, 0.1) is 0 Å². The van der Waals surface area contributed by atoms with Gasteiger partial charge in [-0.15, -0.1) is 0 Å². The first-order valence-corrected chi connectivity index (χ1v) is 5.54. The molecule has 1 heterocycles. The Morgan fingerprint density at radius 3 is 3.00 bits per heavy atom. The maximum absolute atomic E-state index is 9.78. The minimum atomic E-state index is -0.147. The number of aliphatic hydroxyl groups excluding tert-OH is 1. The van der Waals surface area contributed by atoms with Crippen LogP contribution in [0.3, 0.4) is 0 Å². The van der Waals surface area contributed by atoms with Crippen LogP contribution in [-0.4, -0.2) is 34.2 Å². The molecule has 1 N–H and O–H groups in total. The molecule has 1 aromatic heterocycles. The van der Waals surface area contributed by atoms with Crippen molar-refractivity contribution in [2.24, 2.45) is 0 Å². The summed E-state index contributed by atoms with van der Waals surface area (Å²) in [7, 11) is 2.08. The van der Waals surface area contributed by atoms with Gasteiger partial charge < -0.3 is 5.11 Å². The summed E-state index contributed by atoms with van der Waals surface area (Å²) < 4.78 is 0. The summed E-state index contributed by atoms with van der Waals surface area (Å²) in [5, 5.41) is 9.78. The van der Waals surface area contributed by atoms with E-state index in [0.717, 1.165) is 25.8 Å². The number of hydrogen-bond donors (Lipinski definition) is 1. The molecule has 0 aliphatic heterocycles. The minimum absolute atomic E-state index is 0.147. The summed E-state index contributed by atoms with van der Waals surface area (Å²) in [6.45, 7) is 0.871. The Labute approximate surface area is 90.8 Å². The van der Waals surface area contributed by atoms with Crippen LogP contribution in [0.15, 0.2) is 24.5 Å². The van der Waals surface area contributed by atoms with Crippen LogP contribution in [0.25, 0.3) is 0 Å². The lowest BCUT2D eigenvalue weighted by atomic mass is 10.1. The van der Waals surface area contributed by atoms with Gasteiger partial charge in [-0.25, -0.2) is 0 Å². The van der Waals surface area contributed by atoms with Gasteiger partial charge in [0.1, 0.15) is 0 Å². The van der Waals surface area contributed by atoms with Gasteiger partial charge in [0.15, 0.2) is 0 Å². The molecule has 1 aromatic rings. The Bertz CT molecular complexity index is 302. The summed E-state index contributed by atoms with van der Waals surface area (Å²) in [4.78, 5) is 6.33. The maximum atomic E-state index is 9.78. The van der Waals surface area contributed by atoms with E-state index in [-0.39, 0.29) is 6.10 Å². The first-order valence-electron chi connectivity index (χ1n) is 5.54. The molecule has 1 aliphatic rings. The molecule has 2 rings (SSSR count). The Hall–Kier alpha value is -0.930. The third kappa shape index (κ3) is 2.55. The number of rotatable bonds is 3. The van der Waals surface area contributed by atoms with Crippen molar-refractivity contribution >= 4 is 0 Å². The monoisotopic (exact) mass is 206 g/mol. The average Bonchev–Trinajstić information content (AvgIpc) is 2.66. The SMILES string of the molecule is CN(Cc1cccnc1)[C@@H]1CCC[C@H]1O. The number of aliphatic hydroxyl groups is 1. The van der Waals surface area contributed by atoms with Gasteiger partial charge in [-0.3, -0.25) is 9.88 Å². The van der Waals surface area contributed by atoms with Crippen LogP contribution in [0.2, 0.25) is 0 Å². The van der Waals surface area contributed by atoms with E-state index in [2.05, 4.69) is 23.0 Å². The van der Waals surface area contributed by atoms with Crippen LogP contribution in [0.4, 0.5) is 0 Å². The molecule has 3 nitrogen and oxygen atoms in total. The molecule has 2 atom stereocenters. The van der Waals surface area contributed by atoms with Crippen LogP contribution in [0.5, 0.6) is 0 Å². The molecule has 1 saturated carbocycles. The Morgan fingerprint density at radius 2 is 2.40 bits per heavy atom. The van der Waals surface area contributed by atoms with E-state index in [9.17, 15) is 5.11 Å². The lowest BCUT2D eigenvalue weighted by molar-refractivity contribution is 0.0824. The number of aromatic nitrogens is 1. The Morgan fingerprint density at radius 1 is 1.53 bits per heavy atom. The van der Waals surface area contributed by atoms with Crippen LogP contribution in [-0.2, 0) is 6.54 Å². The van der Waals surface area contributed by atoms with Gasteiger partial charge in [-0.1, -0.05) is 6.07 Å². The van der Waals surface area contributed by atoms with Crippen molar-refractivity contribution in [3.8, 4) is 0 Å². The van der Waals surface area contributed by atoms with Gasteiger partial charge in [-0.05, 0) is 37.9 Å². The highest BCUT2D eigenvalue weighted by Crippen LogP contribution is 2.24. The lowest BCUT2D eigenvalue weighted by Crippen LogP contribution is -2.36. The van der Waals surface area contributed by atoms with Crippen molar-refractivity contribution in [3.05, 3.63) is 30.1 Å². The fourth-order valence-electron chi connectivity index (χ4n) is 2.33. The fraction of sp³-hybridized carbons (Fsp3) is 0.583. The lowest BCUT2D eigenvalue weighted by Gasteiger charge is -2.26. The molecule has 0 amide bonds. The van der Waals surface area contributed by atoms with Gasteiger partial charge in [0.25, 0.3) is 0 Å². The van der Waals surface area contributed by atoms with Crippen LogP contribution < -0.4 is 0 Å². The van der Waals surface area contributed by atoms with Crippen molar-refractivity contribution in [1.29, 1.82) is 0 Å². The molecule has 82 valence electrons. The molecule has 1 aliphatic carbocycles. The summed E-state index contributed by atoms with van der Waals surface area (Å²) in [5.74, 6) is 0. The van der Waals surface area contributed by atoms with Gasteiger partial charge in [-0.2, -0.15) is 0 Å².